The van der Waals surface area contributed by atoms with Crippen LogP contribution in [0.1, 0.15) is 32.1 Å². The lowest BCUT2D eigenvalue weighted by molar-refractivity contribution is 0.0982. The molecule has 0 aliphatic carbocycles. The molecule has 3 fully saturated rings. The Morgan fingerprint density at radius 2 is 1.62 bits per heavy atom. The molecule has 180 valence electrons. The minimum absolute atomic E-state index is 0.721. The summed E-state index contributed by atoms with van der Waals surface area (Å²) in [4.78, 5) is 19.5. The summed E-state index contributed by atoms with van der Waals surface area (Å²) in [6.45, 7) is 9.16. The highest BCUT2D eigenvalue weighted by molar-refractivity contribution is 5.78. The van der Waals surface area contributed by atoms with Crippen LogP contribution in [0.4, 0.5) is 11.5 Å². The lowest BCUT2D eigenvalue weighted by atomic mass is 10.0. The lowest BCUT2D eigenvalue weighted by Gasteiger charge is -2.42. The Bertz CT molecular complexity index is 1100. The Kier molecular flexibility index (Phi) is 6.09. The van der Waals surface area contributed by atoms with E-state index in [2.05, 4.69) is 55.1 Å². The molecular formula is C26H36N8. The normalized spacial score (nSPS) is 21.4. The second kappa shape index (κ2) is 9.50. The Morgan fingerprint density at radius 1 is 0.824 bits per heavy atom. The fourth-order valence-electron chi connectivity index (χ4n) is 5.79. The molecule has 0 amide bonds. The standard InChI is InChI=1S/C26H36N8/c1-30-13-15-32(16-14-30)22-6-11-31(12-7-22)23-18-28-26-24(19-29-34(26)20-23)21-5-8-27-25(17-21)33-9-3-2-4-10-33/h5,8,17-20,22H,2-4,6-7,9-16H2,1H3. The number of pyridine rings is 1. The maximum absolute atomic E-state index is 4.86. The number of hydrogen-bond acceptors (Lipinski definition) is 7. The minimum atomic E-state index is 0.721. The molecule has 3 saturated heterocycles. The number of fused-ring (bicyclic) bond motifs is 1. The molecule has 6 rings (SSSR count). The number of piperazine rings is 1. The van der Waals surface area contributed by atoms with Crippen molar-refractivity contribution in [1.82, 2.24) is 29.4 Å². The van der Waals surface area contributed by atoms with Crippen molar-refractivity contribution >= 4 is 17.2 Å². The van der Waals surface area contributed by atoms with Crippen LogP contribution in [0.5, 0.6) is 0 Å². The molecule has 0 N–H and O–H groups in total. The Labute approximate surface area is 202 Å². The van der Waals surface area contributed by atoms with Gasteiger partial charge in [0, 0.05) is 70.2 Å². The van der Waals surface area contributed by atoms with E-state index < -0.39 is 0 Å². The van der Waals surface area contributed by atoms with Crippen LogP contribution in [0.15, 0.2) is 36.9 Å². The molecule has 0 aromatic carbocycles. The van der Waals surface area contributed by atoms with Crippen LogP contribution >= 0.6 is 0 Å². The van der Waals surface area contributed by atoms with E-state index in [4.69, 9.17) is 4.98 Å². The second-order valence-electron chi connectivity index (χ2n) is 10.1. The van der Waals surface area contributed by atoms with Crippen LogP contribution in [-0.2, 0) is 0 Å². The van der Waals surface area contributed by atoms with Crippen molar-refractivity contribution in [1.29, 1.82) is 0 Å². The van der Waals surface area contributed by atoms with E-state index in [0.29, 0.717) is 0 Å². The molecule has 0 atom stereocenters. The predicted octanol–water partition coefficient (Wildman–Crippen LogP) is 3.00. The molecule has 34 heavy (non-hydrogen) atoms. The molecule has 3 aliphatic rings. The van der Waals surface area contributed by atoms with Gasteiger partial charge < -0.3 is 14.7 Å². The zero-order valence-corrected chi connectivity index (χ0v) is 20.3. The first-order chi connectivity index (χ1) is 16.7. The number of aromatic nitrogens is 4. The van der Waals surface area contributed by atoms with Gasteiger partial charge in [0.15, 0.2) is 5.65 Å². The van der Waals surface area contributed by atoms with E-state index in [9.17, 15) is 0 Å². The highest BCUT2D eigenvalue weighted by Gasteiger charge is 2.27. The first-order valence-corrected chi connectivity index (χ1v) is 13.0. The Balaban J connectivity index is 1.16. The van der Waals surface area contributed by atoms with Crippen LogP contribution in [0, 0.1) is 0 Å². The summed E-state index contributed by atoms with van der Waals surface area (Å²) in [7, 11) is 2.23. The van der Waals surface area contributed by atoms with E-state index in [1.54, 1.807) is 0 Å². The van der Waals surface area contributed by atoms with Crippen LogP contribution < -0.4 is 9.80 Å². The van der Waals surface area contributed by atoms with Crippen LogP contribution in [-0.4, -0.2) is 94.8 Å². The van der Waals surface area contributed by atoms with Crippen LogP contribution in [0.2, 0.25) is 0 Å². The zero-order valence-electron chi connectivity index (χ0n) is 20.3. The third kappa shape index (κ3) is 4.36. The first kappa shape index (κ1) is 21.8. The van der Waals surface area contributed by atoms with Crippen molar-refractivity contribution in [2.75, 3.05) is 69.2 Å². The summed E-state index contributed by atoms with van der Waals surface area (Å²) in [6, 6.07) is 4.99. The van der Waals surface area contributed by atoms with E-state index >= 15 is 0 Å². The monoisotopic (exact) mass is 460 g/mol. The predicted molar refractivity (Wildman–Crippen MR) is 137 cm³/mol. The lowest BCUT2D eigenvalue weighted by Crippen LogP contribution is -2.52. The molecule has 8 nitrogen and oxygen atoms in total. The van der Waals surface area contributed by atoms with Crippen molar-refractivity contribution < 1.29 is 0 Å². The molecule has 0 saturated carbocycles. The van der Waals surface area contributed by atoms with Crippen molar-refractivity contribution in [3.8, 4) is 11.1 Å². The van der Waals surface area contributed by atoms with Gasteiger partial charge in [-0.1, -0.05) is 0 Å². The summed E-state index contributed by atoms with van der Waals surface area (Å²) in [5, 5.41) is 4.67. The van der Waals surface area contributed by atoms with Crippen molar-refractivity contribution in [2.24, 2.45) is 0 Å². The van der Waals surface area contributed by atoms with Gasteiger partial charge >= 0.3 is 0 Å². The number of nitrogens with zero attached hydrogens (tertiary/aromatic N) is 8. The van der Waals surface area contributed by atoms with E-state index in [1.165, 1.54) is 64.0 Å². The average molecular weight is 461 g/mol. The van der Waals surface area contributed by atoms with Crippen LogP contribution in [0.25, 0.3) is 16.8 Å². The van der Waals surface area contributed by atoms with Gasteiger partial charge in [0.05, 0.1) is 24.3 Å². The fourth-order valence-corrected chi connectivity index (χ4v) is 5.79. The average Bonchev–Trinajstić information content (AvgIpc) is 3.33. The van der Waals surface area contributed by atoms with Gasteiger partial charge in [0.25, 0.3) is 0 Å². The van der Waals surface area contributed by atoms with Gasteiger partial charge in [0.2, 0.25) is 0 Å². The molecule has 0 unspecified atom stereocenters. The van der Waals surface area contributed by atoms with Crippen LogP contribution in [0.3, 0.4) is 0 Å². The molecular weight excluding hydrogens is 424 g/mol. The smallest absolute Gasteiger partial charge is 0.162 e. The number of rotatable bonds is 4. The number of hydrogen-bond donors (Lipinski definition) is 0. The van der Waals surface area contributed by atoms with Gasteiger partial charge in [-0.2, -0.15) is 5.10 Å². The first-order valence-electron chi connectivity index (χ1n) is 13.0. The minimum Gasteiger partial charge on any atom is -0.369 e. The largest absolute Gasteiger partial charge is 0.369 e. The molecule has 0 radical (unpaired) electrons. The maximum atomic E-state index is 4.86. The SMILES string of the molecule is CN1CCN(C2CCN(c3cnc4c(-c5ccnc(N6CCCCC6)c5)cnn4c3)CC2)CC1. The zero-order chi connectivity index (χ0) is 22.9. The molecule has 3 aliphatic heterocycles. The molecule has 0 bridgehead atoms. The molecule has 3 aromatic rings. The second-order valence-corrected chi connectivity index (χ2v) is 10.1. The third-order valence-corrected chi connectivity index (χ3v) is 7.96. The third-order valence-electron chi connectivity index (χ3n) is 7.96. The fraction of sp³-hybridized carbons (Fsp3) is 0.577. The molecule has 3 aromatic heterocycles. The van der Waals surface area contributed by atoms with E-state index in [0.717, 1.165) is 54.8 Å². The Hall–Kier alpha value is -2.71. The highest BCUT2D eigenvalue weighted by Crippen LogP contribution is 2.29. The van der Waals surface area contributed by atoms with Gasteiger partial charge in [-0.25, -0.2) is 14.5 Å². The Morgan fingerprint density at radius 3 is 2.41 bits per heavy atom. The number of piperidine rings is 2. The van der Waals surface area contributed by atoms with E-state index in [1.807, 2.05) is 23.1 Å². The van der Waals surface area contributed by atoms with Gasteiger partial charge in [-0.3, -0.25) is 4.90 Å². The quantitative estimate of drug-likeness (QED) is 0.593. The van der Waals surface area contributed by atoms with Crippen molar-refractivity contribution in [2.45, 2.75) is 38.1 Å². The molecule has 0 spiro atoms. The number of likely N-dealkylation sites (N-methyl/N-ethyl adjacent to an activating group) is 1. The van der Waals surface area contributed by atoms with Gasteiger partial charge in [-0.15, -0.1) is 0 Å². The van der Waals surface area contributed by atoms with E-state index in [-0.39, 0.29) is 0 Å². The van der Waals surface area contributed by atoms with Crippen molar-refractivity contribution in [3.05, 3.63) is 36.9 Å². The molecule has 8 heteroatoms. The summed E-state index contributed by atoms with van der Waals surface area (Å²) in [6.07, 6.45) is 14.3. The van der Waals surface area contributed by atoms with Gasteiger partial charge in [-0.05, 0) is 56.8 Å². The van der Waals surface area contributed by atoms with Gasteiger partial charge in [0.1, 0.15) is 5.82 Å². The maximum Gasteiger partial charge on any atom is 0.162 e. The van der Waals surface area contributed by atoms with Crippen molar-refractivity contribution in [3.63, 3.8) is 0 Å². The topological polar surface area (TPSA) is 56.0 Å². The summed E-state index contributed by atoms with van der Waals surface area (Å²) in [5.74, 6) is 1.07. The number of anilines is 2. The highest BCUT2D eigenvalue weighted by atomic mass is 15.3. The summed E-state index contributed by atoms with van der Waals surface area (Å²) >= 11 is 0. The summed E-state index contributed by atoms with van der Waals surface area (Å²) < 4.78 is 1.94. The molecule has 6 heterocycles. The summed E-state index contributed by atoms with van der Waals surface area (Å²) in [5.41, 5.74) is 4.29.